The zero-order chi connectivity index (χ0) is 16.2. The molecule has 1 aromatic heterocycles. The van der Waals surface area contributed by atoms with Crippen LogP contribution in [0.3, 0.4) is 0 Å². The fraction of sp³-hybridized carbons (Fsp3) is 0.263. The van der Waals surface area contributed by atoms with E-state index in [2.05, 4.69) is 39.7 Å². The van der Waals surface area contributed by atoms with Gasteiger partial charge in [0.15, 0.2) is 5.82 Å². The molecule has 2 aromatic carbocycles. The minimum absolute atomic E-state index is 0.486. The fourth-order valence-corrected chi connectivity index (χ4v) is 2.83. The Labute approximate surface area is 140 Å². The van der Waals surface area contributed by atoms with Crippen molar-refractivity contribution in [3.63, 3.8) is 0 Å². The summed E-state index contributed by atoms with van der Waals surface area (Å²) in [5, 5.41) is 7.26. The van der Waals surface area contributed by atoms with E-state index >= 15 is 0 Å². The van der Waals surface area contributed by atoms with Crippen LogP contribution in [-0.2, 0) is 13.2 Å². The predicted octanol–water partition coefficient (Wildman–Crippen LogP) is 3.29. The summed E-state index contributed by atoms with van der Waals surface area (Å²) in [6.07, 6.45) is 2.50. The van der Waals surface area contributed by atoms with Crippen molar-refractivity contribution in [2.75, 3.05) is 0 Å². The minimum Gasteiger partial charge on any atom is -0.489 e. The minimum atomic E-state index is 0.486. The highest BCUT2D eigenvalue weighted by atomic mass is 16.5. The fourth-order valence-electron chi connectivity index (χ4n) is 2.83. The van der Waals surface area contributed by atoms with Crippen LogP contribution in [0.25, 0.3) is 0 Å². The van der Waals surface area contributed by atoms with E-state index in [1.807, 2.05) is 30.3 Å². The van der Waals surface area contributed by atoms with Gasteiger partial charge in [0.25, 0.3) is 0 Å². The molecule has 0 radical (unpaired) electrons. The smallest absolute Gasteiger partial charge is 0.213 e. The quantitative estimate of drug-likeness (QED) is 0.723. The highest BCUT2D eigenvalue weighted by Gasteiger charge is 2.37. The van der Waals surface area contributed by atoms with Crippen molar-refractivity contribution in [3.05, 3.63) is 77.9 Å². The van der Waals surface area contributed by atoms with Crippen LogP contribution in [0.15, 0.2) is 65.5 Å². The maximum Gasteiger partial charge on any atom is 0.213 e. The normalized spacial score (nSPS) is 19.2. The topological polar surface area (TPSA) is 60.2 Å². The lowest BCUT2D eigenvalue weighted by Gasteiger charge is -2.07. The van der Waals surface area contributed by atoms with Gasteiger partial charge in [-0.25, -0.2) is 0 Å². The third-order valence-electron chi connectivity index (χ3n) is 4.28. The van der Waals surface area contributed by atoms with Crippen molar-refractivity contribution >= 4 is 0 Å². The molecule has 0 saturated heterocycles. The molecule has 1 saturated carbocycles. The average Bonchev–Trinajstić information content (AvgIpc) is 3.23. The maximum atomic E-state index is 5.83. The first-order chi connectivity index (χ1) is 11.9. The first-order valence-electron chi connectivity index (χ1n) is 8.14. The van der Waals surface area contributed by atoms with Crippen molar-refractivity contribution in [2.24, 2.45) is 0 Å². The van der Waals surface area contributed by atoms with Gasteiger partial charge in [0, 0.05) is 12.0 Å². The zero-order valence-electron chi connectivity index (χ0n) is 13.3. The number of rotatable bonds is 7. The SMILES string of the molecule is c1ccc(COc2ccc([C@@H]3C[C@H]3NCc3ncon3)cc2)cc1. The van der Waals surface area contributed by atoms with Crippen LogP contribution >= 0.6 is 0 Å². The van der Waals surface area contributed by atoms with Gasteiger partial charge in [0.1, 0.15) is 12.4 Å². The number of hydrogen-bond donors (Lipinski definition) is 1. The van der Waals surface area contributed by atoms with Crippen molar-refractivity contribution < 1.29 is 9.26 Å². The first kappa shape index (κ1) is 14.9. The van der Waals surface area contributed by atoms with Crippen LogP contribution in [-0.4, -0.2) is 16.2 Å². The van der Waals surface area contributed by atoms with E-state index < -0.39 is 0 Å². The molecule has 0 amide bonds. The van der Waals surface area contributed by atoms with Gasteiger partial charge in [0.05, 0.1) is 6.54 Å². The summed E-state index contributed by atoms with van der Waals surface area (Å²) >= 11 is 0. The Morgan fingerprint density at radius 1 is 1.08 bits per heavy atom. The maximum absolute atomic E-state index is 5.83. The molecule has 0 bridgehead atoms. The molecule has 4 rings (SSSR count). The van der Waals surface area contributed by atoms with Crippen molar-refractivity contribution in [3.8, 4) is 5.75 Å². The highest BCUT2D eigenvalue weighted by Crippen LogP contribution is 2.41. The van der Waals surface area contributed by atoms with Crippen LogP contribution < -0.4 is 10.1 Å². The lowest BCUT2D eigenvalue weighted by molar-refractivity contribution is 0.306. The first-order valence-corrected chi connectivity index (χ1v) is 8.14. The Bertz CT molecular complexity index is 757. The van der Waals surface area contributed by atoms with Gasteiger partial charge in [-0.15, -0.1) is 0 Å². The predicted molar refractivity (Wildman–Crippen MR) is 89.5 cm³/mol. The van der Waals surface area contributed by atoms with E-state index in [0.29, 0.717) is 30.9 Å². The van der Waals surface area contributed by atoms with Crippen LogP contribution in [0.4, 0.5) is 0 Å². The molecular formula is C19H19N3O2. The molecule has 1 fully saturated rings. The van der Waals surface area contributed by atoms with Gasteiger partial charge < -0.3 is 14.6 Å². The standard InChI is InChI=1S/C19H19N3O2/c1-2-4-14(5-3-1)12-23-16-8-6-15(7-9-16)17-10-18(17)20-11-19-21-13-24-22-19/h1-9,13,17-18,20H,10-12H2/t17-,18+/m0/s1. The summed E-state index contributed by atoms with van der Waals surface area (Å²) in [4.78, 5) is 4.01. The van der Waals surface area contributed by atoms with Crippen LogP contribution in [0.1, 0.15) is 29.3 Å². The molecule has 1 aliphatic rings. The van der Waals surface area contributed by atoms with E-state index in [9.17, 15) is 0 Å². The third-order valence-corrected chi connectivity index (χ3v) is 4.28. The molecule has 0 unspecified atom stereocenters. The molecular weight excluding hydrogens is 302 g/mol. The van der Waals surface area contributed by atoms with Crippen molar-refractivity contribution in [1.29, 1.82) is 0 Å². The molecule has 24 heavy (non-hydrogen) atoms. The molecule has 2 atom stereocenters. The number of nitrogens with one attached hydrogen (secondary N) is 1. The number of nitrogens with zero attached hydrogens (tertiary/aromatic N) is 2. The Morgan fingerprint density at radius 3 is 2.67 bits per heavy atom. The second-order valence-corrected chi connectivity index (χ2v) is 6.02. The van der Waals surface area contributed by atoms with Crippen LogP contribution in [0.2, 0.25) is 0 Å². The lowest BCUT2D eigenvalue weighted by atomic mass is 10.1. The second-order valence-electron chi connectivity index (χ2n) is 6.02. The molecule has 3 aromatic rings. The Balaban J connectivity index is 1.27. The molecule has 5 nitrogen and oxygen atoms in total. The molecule has 1 N–H and O–H groups in total. The van der Waals surface area contributed by atoms with E-state index in [1.54, 1.807) is 0 Å². The Morgan fingerprint density at radius 2 is 1.92 bits per heavy atom. The van der Waals surface area contributed by atoms with Gasteiger partial charge >= 0.3 is 0 Å². The van der Waals surface area contributed by atoms with Gasteiger partial charge in [0.2, 0.25) is 6.39 Å². The highest BCUT2D eigenvalue weighted by molar-refractivity contribution is 5.34. The third kappa shape index (κ3) is 3.63. The van der Waals surface area contributed by atoms with Gasteiger partial charge in [-0.1, -0.05) is 47.6 Å². The summed E-state index contributed by atoms with van der Waals surface area (Å²) in [7, 11) is 0. The number of hydrogen-bond acceptors (Lipinski definition) is 5. The summed E-state index contributed by atoms with van der Waals surface area (Å²) in [6.45, 7) is 1.24. The second kappa shape index (κ2) is 6.84. The van der Waals surface area contributed by atoms with Crippen molar-refractivity contribution in [1.82, 2.24) is 15.5 Å². The molecule has 1 aliphatic carbocycles. The summed E-state index contributed by atoms with van der Waals surface area (Å²) < 4.78 is 10.6. The largest absolute Gasteiger partial charge is 0.489 e. The lowest BCUT2D eigenvalue weighted by Crippen LogP contribution is -2.18. The number of ether oxygens (including phenoxy) is 1. The van der Waals surface area contributed by atoms with Gasteiger partial charge in [-0.2, -0.15) is 4.98 Å². The molecule has 0 aliphatic heterocycles. The van der Waals surface area contributed by atoms with Gasteiger partial charge in [-0.05, 0) is 29.7 Å². The summed E-state index contributed by atoms with van der Waals surface area (Å²) in [6, 6.07) is 19.1. The van der Waals surface area contributed by atoms with E-state index in [1.165, 1.54) is 17.5 Å². The summed E-state index contributed by atoms with van der Waals surface area (Å²) in [5.74, 6) is 2.16. The molecule has 122 valence electrons. The van der Waals surface area contributed by atoms with E-state index in [4.69, 9.17) is 9.26 Å². The molecule has 0 spiro atoms. The van der Waals surface area contributed by atoms with Gasteiger partial charge in [-0.3, -0.25) is 0 Å². The van der Waals surface area contributed by atoms with E-state index in [-0.39, 0.29) is 0 Å². The Kier molecular flexibility index (Phi) is 4.25. The average molecular weight is 321 g/mol. The monoisotopic (exact) mass is 321 g/mol. The number of benzene rings is 2. The molecule has 5 heteroatoms. The van der Waals surface area contributed by atoms with Crippen molar-refractivity contribution in [2.45, 2.75) is 31.5 Å². The summed E-state index contributed by atoms with van der Waals surface area (Å²) in [5.41, 5.74) is 2.52. The Hall–Kier alpha value is -2.66. The molecule has 1 heterocycles. The van der Waals surface area contributed by atoms with E-state index in [0.717, 1.165) is 12.2 Å². The zero-order valence-corrected chi connectivity index (χ0v) is 13.3. The van der Waals surface area contributed by atoms with Crippen LogP contribution in [0, 0.1) is 0 Å². The van der Waals surface area contributed by atoms with Crippen LogP contribution in [0.5, 0.6) is 5.75 Å². The number of aromatic nitrogens is 2.